The summed E-state index contributed by atoms with van der Waals surface area (Å²) in [4.78, 5) is 19.0. The molecule has 5 nitrogen and oxygen atoms in total. The zero-order chi connectivity index (χ0) is 18.4. The number of halogens is 1. The molecule has 1 amide bonds. The molecule has 0 aliphatic rings. The van der Waals surface area contributed by atoms with Gasteiger partial charge in [-0.05, 0) is 51.2 Å². The molecular weight excluding hydrogens is 338 g/mol. The second kappa shape index (κ2) is 9.02. The highest BCUT2D eigenvalue weighted by Gasteiger charge is 2.16. The van der Waals surface area contributed by atoms with Gasteiger partial charge >= 0.3 is 0 Å². The topological polar surface area (TPSA) is 58.4 Å². The minimum absolute atomic E-state index is 0.0435. The predicted molar refractivity (Wildman–Crippen MR) is 101 cm³/mol. The van der Waals surface area contributed by atoms with Crippen LogP contribution in [-0.2, 0) is 11.2 Å². The largest absolute Gasteiger partial charge is 0.441 e. The number of nitrogens with one attached hydrogen (secondary N) is 1. The van der Waals surface area contributed by atoms with E-state index in [0.717, 1.165) is 18.7 Å². The first-order valence-electron chi connectivity index (χ1n) is 8.67. The smallest absolute Gasteiger partial charge is 0.226 e. The van der Waals surface area contributed by atoms with Crippen LogP contribution in [0.25, 0.3) is 11.5 Å². The van der Waals surface area contributed by atoms with E-state index in [1.165, 1.54) is 0 Å². The number of aromatic nitrogens is 1. The van der Waals surface area contributed by atoms with Crippen molar-refractivity contribution in [2.75, 3.05) is 19.6 Å². The summed E-state index contributed by atoms with van der Waals surface area (Å²) in [6.07, 6.45) is 0.216. The van der Waals surface area contributed by atoms with Crippen molar-refractivity contribution in [3.63, 3.8) is 0 Å². The summed E-state index contributed by atoms with van der Waals surface area (Å²) in [5, 5.41) is 3.65. The number of carbonyl (C=O) groups excluding carboxylic acids is 1. The van der Waals surface area contributed by atoms with Crippen LogP contribution in [-0.4, -0.2) is 41.5 Å². The van der Waals surface area contributed by atoms with Crippen LogP contribution in [0.15, 0.2) is 28.7 Å². The third-order valence-corrected chi connectivity index (χ3v) is 4.59. The van der Waals surface area contributed by atoms with Crippen LogP contribution in [0.2, 0.25) is 5.02 Å². The Balaban J connectivity index is 1.96. The maximum Gasteiger partial charge on any atom is 0.226 e. The van der Waals surface area contributed by atoms with Crippen LogP contribution >= 0.6 is 11.6 Å². The Morgan fingerprint density at radius 2 is 1.92 bits per heavy atom. The summed E-state index contributed by atoms with van der Waals surface area (Å²) in [7, 11) is 0. The Kier molecular flexibility index (Phi) is 7.02. The third kappa shape index (κ3) is 5.31. The van der Waals surface area contributed by atoms with Crippen LogP contribution in [0.3, 0.4) is 0 Å². The number of likely N-dealkylation sites (N-methyl/N-ethyl adjacent to an activating group) is 1. The van der Waals surface area contributed by atoms with E-state index in [-0.39, 0.29) is 12.3 Å². The van der Waals surface area contributed by atoms with Crippen molar-refractivity contribution in [1.82, 2.24) is 15.2 Å². The number of hydrogen-bond donors (Lipinski definition) is 1. The molecule has 0 spiro atoms. The molecule has 6 heteroatoms. The van der Waals surface area contributed by atoms with Gasteiger partial charge in [0.15, 0.2) is 0 Å². The summed E-state index contributed by atoms with van der Waals surface area (Å²) in [5.41, 5.74) is 1.51. The molecule has 0 saturated carbocycles. The Bertz CT molecular complexity index is 693. The van der Waals surface area contributed by atoms with E-state index >= 15 is 0 Å². The molecule has 136 valence electrons. The molecule has 1 aromatic heterocycles. The van der Waals surface area contributed by atoms with Gasteiger partial charge in [0.1, 0.15) is 5.76 Å². The van der Waals surface area contributed by atoms with Crippen LogP contribution in [0.4, 0.5) is 0 Å². The molecule has 2 rings (SSSR count). The van der Waals surface area contributed by atoms with Crippen molar-refractivity contribution in [2.45, 2.75) is 40.2 Å². The first kappa shape index (κ1) is 19.5. The lowest BCUT2D eigenvalue weighted by Gasteiger charge is -2.26. The quantitative estimate of drug-likeness (QED) is 0.777. The van der Waals surface area contributed by atoms with Crippen molar-refractivity contribution >= 4 is 17.5 Å². The van der Waals surface area contributed by atoms with E-state index < -0.39 is 0 Å². The van der Waals surface area contributed by atoms with Crippen LogP contribution in [0, 0.1) is 6.92 Å². The van der Waals surface area contributed by atoms with Gasteiger partial charge in [-0.2, -0.15) is 0 Å². The standard InChI is InChI=1S/C19H26ClN3O2/c1-5-23(6-2)13(3)12-21-18(24)11-17-14(4)25-19(22-17)15-7-9-16(20)10-8-15/h7-10,13H,5-6,11-12H2,1-4H3,(H,21,24). The Morgan fingerprint density at radius 3 is 2.52 bits per heavy atom. The molecule has 0 fully saturated rings. The fourth-order valence-electron chi connectivity index (χ4n) is 2.76. The molecule has 0 radical (unpaired) electrons. The Morgan fingerprint density at radius 1 is 1.28 bits per heavy atom. The highest BCUT2D eigenvalue weighted by Crippen LogP contribution is 2.23. The summed E-state index contributed by atoms with van der Waals surface area (Å²) in [6, 6.07) is 7.59. The van der Waals surface area contributed by atoms with Crippen LogP contribution in [0.1, 0.15) is 32.2 Å². The normalized spacial score (nSPS) is 12.4. The van der Waals surface area contributed by atoms with Gasteiger partial charge in [0.2, 0.25) is 11.8 Å². The summed E-state index contributed by atoms with van der Waals surface area (Å²) in [6.45, 7) is 10.8. The van der Waals surface area contributed by atoms with Gasteiger partial charge in [0, 0.05) is 23.2 Å². The lowest BCUT2D eigenvalue weighted by atomic mass is 10.2. The van der Waals surface area contributed by atoms with Crippen molar-refractivity contribution in [3.05, 3.63) is 40.7 Å². The zero-order valence-corrected chi connectivity index (χ0v) is 16.1. The minimum Gasteiger partial charge on any atom is -0.441 e. The summed E-state index contributed by atoms with van der Waals surface area (Å²) in [5.74, 6) is 1.13. The fourth-order valence-corrected chi connectivity index (χ4v) is 2.89. The monoisotopic (exact) mass is 363 g/mol. The van der Waals surface area contributed by atoms with E-state index in [9.17, 15) is 4.79 Å². The van der Waals surface area contributed by atoms with Crippen molar-refractivity contribution in [3.8, 4) is 11.5 Å². The van der Waals surface area contributed by atoms with Gasteiger partial charge in [0.05, 0.1) is 12.1 Å². The first-order chi connectivity index (χ1) is 11.9. The molecule has 1 aromatic carbocycles. The number of amides is 1. The molecule has 0 bridgehead atoms. The highest BCUT2D eigenvalue weighted by molar-refractivity contribution is 6.30. The molecule has 1 unspecified atom stereocenters. The summed E-state index contributed by atoms with van der Waals surface area (Å²) >= 11 is 5.90. The lowest BCUT2D eigenvalue weighted by Crippen LogP contribution is -2.42. The predicted octanol–water partition coefficient (Wildman–Crippen LogP) is 3.69. The number of aryl methyl sites for hydroxylation is 1. The molecule has 1 atom stereocenters. The molecule has 2 aromatic rings. The number of carbonyl (C=O) groups is 1. The van der Waals surface area contributed by atoms with Crippen molar-refractivity contribution in [1.29, 1.82) is 0 Å². The third-order valence-electron chi connectivity index (χ3n) is 4.34. The highest BCUT2D eigenvalue weighted by atomic mass is 35.5. The van der Waals surface area contributed by atoms with E-state index in [1.54, 1.807) is 12.1 Å². The molecule has 1 N–H and O–H groups in total. The summed E-state index contributed by atoms with van der Waals surface area (Å²) < 4.78 is 5.70. The lowest BCUT2D eigenvalue weighted by molar-refractivity contribution is -0.120. The van der Waals surface area contributed by atoms with Gasteiger partial charge < -0.3 is 9.73 Å². The molecule has 0 aliphatic heterocycles. The van der Waals surface area contributed by atoms with E-state index in [0.29, 0.717) is 35.0 Å². The fraction of sp³-hybridized carbons (Fsp3) is 0.474. The molecule has 0 aliphatic carbocycles. The number of rotatable bonds is 8. The number of benzene rings is 1. The molecular formula is C19H26ClN3O2. The average molecular weight is 364 g/mol. The second-order valence-electron chi connectivity index (χ2n) is 6.08. The molecule has 25 heavy (non-hydrogen) atoms. The minimum atomic E-state index is -0.0435. The second-order valence-corrected chi connectivity index (χ2v) is 6.52. The maximum atomic E-state index is 12.2. The van der Waals surface area contributed by atoms with E-state index in [1.807, 2.05) is 19.1 Å². The number of oxazole rings is 1. The van der Waals surface area contributed by atoms with Gasteiger partial charge in [-0.15, -0.1) is 0 Å². The van der Waals surface area contributed by atoms with Gasteiger partial charge in [-0.25, -0.2) is 4.98 Å². The number of nitrogens with zero attached hydrogens (tertiary/aromatic N) is 2. The SMILES string of the molecule is CCN(CC)C(C)CNC(=O)Cc1nc(-c2ccc(Cl)cc2)oc1C. The van der Waals surface area contributed by atoms with Gasteiger partial charge in [0.25, 0.3) is 0 Å². The van der Waals surface area contributed by atoms with Crippen LogP contribution in [0.5, 0.6) is 0 Å². The van der Waals surface area contributed by atoms with E-state index in [4.69, 9.17) is 16.0 Å². The van der Waals surface area contributed by atoms with Crippen molar-refractivity contribution < 1.29 is 9.21 Å². The van der Waals surface area contributed by atoms with Gasteiger partial charge in [-0.1, -0.05) is 25.4 Å². The zero-order valence-electron chi connectivity index (χ0n) is 15.3. The average Bonchev–Trinajstić information content (AvgIpc) is 2.95. The molecule has 1 heterocycles. The van der Waals surface area contributed by atoms with Crippen molar-refractivity contribution in [2.24, 2.45) is 0 Å². The number of hydrogen-bond acceptors (Lipinski definition) is 4. The maximum absolute atomic E-state index is 12.2. The van der Waals surface area contributed by atoms with E-state index in [2.05, 4.69) is 36.0 Å². The Hall–Kier alpha value is -1.85. The van der Waals surface area contributed by atoms with Gasteiger partial charge in [-0.3, -0.25) is 9.69 Å². The van der Waals surface area contributed by atoms with Crippen LogP contribution < -0.4 is 5.32 Å². The molecule has 0 saturated heterocycles. The Labute approximate surface area is 154 Å². The first-order valence-corrected chi connectivity index (χ1v) is 9.05.